The molecular formula is C13H23N7. The van der Waals surface area contributed by atoms with Gasteiger partial charge in [-0.1, -0.05) is 0 Å². The van der Waals surface area contributed by atoms with E-state index in [0.29, 0.717) is 5.95 Å². The van der Waals surface area contributed by atoms with E-state index in [9.17, 15) is 0 Å². The van der Waals surface area contributed by atoms with E-state index in [1.807, 2.05) is 7.05 Å². The summed E-state index contributed by atoms with van der Waals surface area (Å²) in [5.74, 6) is 2.28. The predicted octanol–water partition coefficient (Wildman–Crippen LogP) is 0.265. The minimum absolute atomic E-state index is 0.663. The van der Waals surface area contributed by atoms with Crippen molar-refractivity contribution < 1.29 is 0 Å². The molecule has 2 fully saturated rings. The number of anilines is 3. The van der Waals surface area contributed by atoms with E-state index in [0.717, 1.165) is 51.2 Å². The molecule has 0 aromatic carbocycles. The Morgan fingerprint density at radius 1 is 0.800 bits per heavy atom. The summed E-state index contributed by atoms with van der Waals surface area (Å²) in [5.41, 5.74) is 0. The largest absolute Gasteiger partial charge is 0.357 e. The van der Waals surface area contributed by atoms with Gasteiger partial charge in [0.15, 0.2) is 0 Å². The Morgan fingerprint density at radius 3 is 1.90 bits per heavy atom. The van der Waals surface area contributed by atoms with Gasteiger partial charge in [0, 0.05) is 46.3 Å². The highest BCUT2D eigenvalue weighted by atomic mass is 15.4. The number of nitrogens with one attached hydrogen (secondary N) is 1. The van der Waals surface area contributed by atoms with Gasteiger partial charge in [-0.3, -0.25) is 0 Å². The maximum Gasteiger partial charge on any atom is 0.232 e. The lowest BCUT2D eigenvalue weighted by molar-refractivity contribution is 0.311. The van der Waals surface area contributed by atoms with Gasteiger partial charge >= 0.3 is 0 Å². The smallest absolute Gasteiger partial charge is 0.232 e. The van der Waals surface area contributed by atoms with Crippen molar-refractivity contribution in [2.24, 2.45) is 0 Å². The SMILES string of the molecule is CNc1nc(N2CCCC2)nc(N2CCN(C)CC2)n1. The van der Waals surface area contributed by atoms with Gasteiger partial charge in [0.1, 0.15) is 0 Å². The quantitative estimate of drug-likeness (QED) is 0.850. The first-order chi connectivity index (χ1) is 9.76. The Bertz CT molecular complexity index is 450. The molecule has 0 atom stereocenters. The number of piperazine rings is 1. The van der Waals surface area contributed by atoms with E-state index in [1.54, 1.807) is 0 Å². The Morgan fingerprint density at radius 2 is 1.35 bits per heavy atom. The molecule has 0 amide bonds. The average molecular weight is 277 g/mol. The lowest BCUT2D eigenvalue weighted by Crippen LogP contribution is -2.45. The lowest BCUT2D eigenvalue weighted by Gasteiger charge is -2.32. The fourth-order valence-corrected chi connectivity index (χ4v) is 2.67. The molecule has 20 heavy (non-hydrogen) atoms. The molecule has 7 nitrogen and oxygen atoms in total. The van der Waals surface area contributed by atoms with Gasteiger partial charge in [-0.25, -0.2) is 0 Å². The van der Waals surface area contributed by atoms with E-state index < -0.39 is 0 Å². The van der Waals surface area contributed by atoms with Gasteiger partial charge < -0.3 is 20.0 Å². The molecule has 1 N–H and O–H groups in total. The summed E-state index contributed by atoms with van der Waals surface area (Å²) < 4.78 is 0. The molecule has 2 aliphatic heterocycles. The Kier molecular flexibility index (Phi) is 3.86. The fourth-order valence-electron chi connectivity index (χ4n) is 2.67. The molecule has 2 aliphatic rings. The third-order valence-electron chi connectivity index (χ3n) is 4.01. The second kappa shape index (κ2) is 5.78. The van der Waals surface area contributed by atoms with Crippen LogP contribution in [0.25, 0.3) is 0 Å². The minimum atomic E-state index is 0.663. The lowest BCUT2D eigenvalue weighted by atomic mass is 10.3. The third-order valence-corrected chi connectivity index (χ3v) is 4.01. The van der Waals surface area contributed by atoms with Crippen LogP contribution >= 0.6 is 0 Å². The zero-order valence-corrected chi connectivity index (χ0v) is 12.3. The number of nitrogens with zero attached hydrogens (tertiary/aromatic N) is 6. The van der Waals surface area contributed by atoms with Crippen molar-refractivity contribution in [2.45, 2.75) is 12.8 Å². The minimum Gasteiger partial charge on any atom is -0.357 e. The molecule has 0 radical (unpaired) electrons. The van der Waals surface area contributed by atoms with E-state index in [1.165, 1.54) is 12.8 Å². The molecule has 1 aromatic rings. The zero-order chi connectivity index (χ0) is 13.9. The molecule has 2 saturated heterocycles. The van der Waals surface area contributed by atoms with Crippen LogP contribution < -0.4 is 15.1 Å². The molecule has 0 bridgehead atoms. The first-order valence-corrected chi connectivity index (χ1v) is 7.38. The highest BCUT2D eigenvalue weighted by molar-refractivity contribution is 5.45. The highest BCUT2D eigenvalue weighted by Crippen LogP contribution is 2.20. The maximum absolute atomic E-state index is 4.68. The van der Waals surface area contributed by atoms with Crippen molar-refractivity contribution in [1.29, 1.82) is 0 Å². The molecule has 3 heterocycles. The molecule has 0 saturated carbocycles. The van der Waals surface area contributed by atoms with Gasteiger partial charge in [0.05, 0.1) is 0 Å². The van der Waals surface area contributed by atoms with Crippen LogP contribution in [0.15, 0.2) is 0 Å². The van der Waals surface area contributed by atoms with Gasteiger partial charge in [-0.15, -0.1) is 0 Å². The van der Waals surface area contributed by atoms with Crippen molar-refractivity contribution in [3.8, 4) is 0 Å². The number of rotatable bonds is 3. The Balaban J connectivity index is 1.83. The fraction of sp³-hybridized carbons (Fsp3) is 0.769. The first kappa shape index (κ1) is 13.4. The van der Waals surface area contributed by atoms with E-state index >= 15 is 0 Å². The number of aromatic nitrogens is 3. The number of likely N-dealkylation sites (N-methyl/N-ethyl adjacent to an activating group) is 1. The van der Waals surface area contributed by atoms with Crippen molar-refractivity contribution >= 4 is 17.8 Å². The molecule has 0 aliphatic carbocycles. The van der Waals surface area contributed by atoms with Crippen molar-refractivity contribution in [1.82, 2.24) is 19.9 Å². The molecule has 1 aromatic heterocycles. The maximum atomic E-state index is 4.68. The van der Waals surface area contributed by atoms with Gasteiger partial charge in [-0.05, 0) is 19.9 Å². The van der Waals surface area contributed by atoms with Gasteiger partial charge in [0.2, 0.25) is 17.8 Å². The highest BCUT2D eigenvalue weighted by Gasteiger charge is 2.21. The van der Waals surface area contributed by atoms with Crippen molar-refractivity contribution in [2.75, 3.05) is 68.5 Å². The van der Waals surface area contributed by atoms with Crippen LogP contribution in [0.3, 0.4) is 0 Å². The molecule has 110 valence electrons. The van der Waals surface area contributed by atoms with E-state index in [-0.39, 0.29) is 0 Å². The predicted molar refractivity (Wildman–Crippen MR) is 80.5 cm³/mol. The zero-order valence-electron chi connectivity index (χ0n) is 12.3. The number of hydrogen-bond donors (Lipinski definition) is 1. The molecule has 3 rings (SSSR count). The number of hydrogen-bond acceptors (Lipinski definition) is 7. The van der Waals surface area contributed by atoms with Crippen LogP contribution in [-0.4, -0.2) is 73.2 Å². The van der Waals surface area contributed by atoms with Crippen molar-refractivity contribution in [3.63, 3.8) is 0 Å². The Hall–Kier alpha value is -1.63. The average Bonchev–Trinajstić information content (AvgIpc) is 3.02. The molecule has 0 spiro atoms. The molecule has 0 unspecified atom stereocenters. The van der Waals surface area contributed by atoms with Crippen LogP contribution in [0.2, 0.25) is 0 Å². The van der Waals surface area contributed by atoms with Crippen LogP contribution in [0.4, 0.5) is 17.8 Å². The van der Waals surface area contributed by atoms with E-state index in [2.05, 4.69) is 42.0 Å². The van der Waals surface area contributed by atoms with Crippen LogP contribution in [0, 0.1) is 0 Å². The summed E-state index contributed by atoms with van der Waals surface area (Å²) in [4.78, 5) is 20.5. The normalized spacial score (nSPS) is 20.5. The summed E-state index contributed by atoms with van der Waals surface area (Å²) in [6.45, 7) is 6.16. The van der Waals surface area contributed by atoms with Gasteiger partial charge in [0.25, 0.3) is 0 Å². The first-order valence-electron chi connectivity index (χ1n) is 7.38. The van der Waals surface area contributed by atoms with Crippen molar-refractivity contribution in [3.05, 3.63) is 0 Å². The second-order valence-electron chi connectivity index (χ2n) is 5.49. The topological polar surface area (TPSA) is 60.4 Å². The van der Waals surface area contributed by atoms with Crippen LogP contribution in [-0.2, 0) is 0 Å². The van der Waals surface area contributed by atoms with Crippen LogP contribution in [0.5, 0.6) is 0 Å². The third kappa shape index (κ3) is 2.77. The second-order valence-corrected chi connectivity index (χ2v) is 5.49. The summed E-state index contributed by atoms with van der Waals surface area (Å²) in [7, 11) is 4.01. The summed E-state index contributed by atoms with van der Waals surface area (Å²) in [6.07, 6.45) is 2.45. The summed E-state index contributed by atoms with van der Waals surface area (Å²) in [5, 5.41) is 3.05. The standard InChI is InChI=1S/C13H23N7/c1-14-11-15-12(19-5-3-4-6-19)17-13(16-11)20-9-7-18(2)8-10-20/h3-10H2,1-2H3,(H,14,15,16,17). The van der Waals surface area contributed by atoms with E-state index in [4.69, 9.17) is 0 Å². The van der Waals surface area contributed by atoms with Crippen LogP contribution in [0.1, 0.15) is 12.8 Å². The molecular weight excluding hydrogens is 254 g/mol. The Labute approximate surface area is 120 Å². The van der Waals surface area contributed by atoms with Gasteiger partial charge in [-0.2, -0.15) is 15.0 Å². The monoisotopic (exact) mass is 277 g/mol. The molecule has 7 heteroatoms. The summed E-state index contributed by atoms with van der Waals surface area (Å²) in [6, 6.07) is 0. The summed E-state index contributed by atoms with van der Waals surface area (Å²) >= 11 is 0.